The van der Waals surface area contributed by atoms with Crippen LogP contribution in [0.3, 0.4) is 0 Å². The van der Waals surface area contributed by atoms with E-state index in [1.54, 1.807) is 0 Å². The van der Waals surface area contributed by atoms with Crippen LogP contribution in [-0.2, 0) is 0 Å². The summed E-state index contributed by atoms with van der Waals surface area (Å²) in [6.07, 6.45) is 6.41. The first-order valence-electron chi connectivity index (χ1n) is 2.08. The van der Waals surface area contributed by atoms with Crippen LogP contribution in [0.4, 0.5) is 0 Å². The summed E-state index contributed by atoms with van der Waals surface area (Å²) in [6.45, 7) is 0. The first-order chi connectivity index (χ1) is 3.93. The van der Waals surface area contributed by atoms with Gasteiger partial charge in [-0.3, -0.25) is 0 Å². The van der Waals surface area contributed by atoms with Gasteiger partial charge in [0, 0.05) is 0 Å². The number of aromatic nitrogens is 2. The number of hydrogen-bond acceptors (Lipinski definition) is 3. The molecule has 1 rings (SSSR count). The molecule has 0 fully saturated rings. The van der Waals surface area contributed by atoms with Gasteiger partial charge in [-0.15, -0.1) is 0 Å². The Balaban J connectivity index is 2.83. The van der Waals surface area contributed by atoms with E-state index in [9.17, 15) is 0 Å². The van der Waals surface area contributed by atoms with Crippen LogP contribution in [0.15, 0.2) is 6.33 Å². The summed E-state index contributed by atoms with van der Waals surface area (Å²) in [6, 6.07) is 0. The maximum absolute atomic E-state index is 4.68. The minimum Gasteiger partial charge on any atom is -0.492 e. The predicted octanol–water partition coefficient (Wildman–Crippen LogP) is 0.0856. The van der Waals surface area contributed by atoms with Crippen LogP contribution in [0.25, 0.3) is 0 Å². The van der Waals surface area contributed by atoms with Gasteiger partial charge in [0.05, 0.1) is 7.11 Å². The average molecular weight is 108 g/mol. The third-order valence-corrected chi connectivity index (χ3v) is 0.652. The molecule has 0 amide bonds. The fraction of sp³-hybridized carbons (Fsp3) is 0.200. The molecule has 0 saturated heterocycles. The minimum absolute atomic E-state index is 0.438. The highest BCUT2D eigenvalue weighted by atomic mass is 16.5. The predicted molar refractivity (Wildman–Crippen MR) is 26.3 cm³/mol. The van der Waals surface area contributed by atoms with E-state index in [1.165, 1.54) is 13.4 Å². The maximum Gasteiger partial charge on any atom is 0.174 e. The van der Waals surface area contributed by atoms with Gasteiger partial charge in [-0.2, -0.15) is 0 Å². The topological polar surface area (TPSA) is 35.0 Å². The standard InChI is InChI=1S/C5H4N2O/c1-8-5-2-6-4-7-3-5/h4H,1H3. The second-order valence-corrected chi connectivity index (χ2v) is 1.13. The van der Waals surface area contributed by atoms with E-state index < -0.39 is 0 Å². The Kier molecular flexibility index (Phi) is 1.42. The van der Waals surface area contributed by atoms with Crippen molar-refractivity contribution in [2.24, 2.45) is 0 Å². The molecule has 0 bridgehead atoms. The summed E-state index contributed by atoms with van der Waals surface area (Å²) < 4.78 is 4.68. The van der Waals surface area contributed by atoms with Crippen LogP contribution in [0.5, 0.6) is 5.75 Å². The SMILES string of the molecule is COc1[c]ncn[c]1. The second kappa shape index (κ2) is 2.26. The molecule has 0 aliphatic carbocycles. The lowest BCUT2D eigenvalue weighted by atomic mass is 10.6. The molecule has 1 heterocycles. The van der Waals surface area contributed by atoms with Gasteiger partial charge in [-0.05, 0) is 0 Å². The molecule has 3 heteroatoms. The molecule has 0 saturated carbocycles. The largest absolute Gasteiger partial charge is 0.492 e. The minimum atomic E-state index is 0.438. The molecule has 0 aromatic carbocycles. The quantitative estimate of drug-likeness (QED) is 0.511. The van der Waals surface area contributed by atoms with Crippen LogP contribution < -0.4 is 4.74 Å². The van der Waals surface area contributed by atoms with Crippen molar-refractivity contribution in [2.45, 2.75) is 0 Å². The fourth-order valence-electron chi connectivity index (χ4n) is 0.320. The van der Waals surface area contributed by atoms with Crippen LogP contribution in [-0.4, -0.2) is 17.1 Å². The lowest BCUT2D eigenvalue weighted by Gasteiger charge is -1.90. The van der Waals surface area contributed by atoms with E-state index >= 15 is 0 Å². The number of hydrogen-bond donors (Lipinski definition) is 0. The summed E-state index contributed by atoms with van der Waals surface area (Å²) in [5, 5.41) is 0. The normalized spacial score (nSPS) is 8.62. The van der Waals surface area contributed by atoms with Crippen molar-refractivity contribution in [2.75, 3.05) is 7.11 Å². The van der Waals surface area contributed by atoms with Crippen molar-refractivity contribution in [3.8, 4) is 5.75 Å². The van der Waals surface area contributed by atoms with Crippen LogP contribution in [0.2, 0.25) is 0 Å². The molecular formula is C5H4N2O. The molecule has 1 aromatic heterocycles. The van der Waals surface area contributed by atoms with Crippen LogP contribution >= 0.6 is 0 Å². The van der Waals surface area contributed by atoms with Gasteiger partial charge in [0.25, 0.3) is 0 Å². The van der Waals surface area contributed by atoms with Gasteiger partial charge in [-0.1, -0.05) is 0 Å². The zero-order valence-corrected chi connectivity index (χ0v) is 4.38. The van der Waals surface area contributed by atoms with Crippen LogP contribution in [0, 0.1) is 12.4 Å². The smallest absolute Gasteiger partial charge is 0.174 e. The van der Waals surface area contributed by atoms with E-state index in [2.05, 4.69) is 27.1 Å². The summed E-state index contributed by atoms with van der Waals surface area (Å²) in [7, 11) is 1.52. The Hall–Kier alpha value is -1.12. The van der Waals surface area contributed by atoms with Crippen molar-refractivity contribution in [3.63, 3.8) is 0 Å². The summed E-state index contributed by atoms with van der Waals surface area (Å²) in [4.78, 5) is 7.13. The second-order valence-electron chi connectivity index (χ2n) is 1.13. The number of nitrogens with zero attached hydrogens (tertiary/aromatic N) is 2. The zero-order valence-electron chi connectivity index (χ0n) is 4.38. The number of rotatable bonds is 1. The molecule has 1 aromatic rings. The van der Waals surface area contributed by atoms with Gasteiger partial charge >= 0.3 is 0 Å². The van der Waals surface area contributed by atoms with E-state index in [-0.39, 0.29) is 0 Å². The van der Waals surface area contributed by atoms with Crippen molar-refractivity contribution >= 4 is 0 Å². The number of methoxy groups -OCH3 is 1. The third kappa shape index (κ3) is 0.932. The van der Waals surface area contributed by atoms with E-state index in [4.69, 9.17) is 0 Å². The lowest BCUT2D eigenvalue weighted by molar-refractivity contribution is 0.408. The van der Waals surface area contributed by atoms with Crippen molar-refractivity contribution in [1.82, 2.24) is 9.97 Å². The van der Waals surface area contributed by atoms with Crippen molar-refractivity contribution in [3.05, 3.63) is 18.7 Å². The summed E-state index contributed by atoms with van der Waals surface area (Å²) >= 11 is 0. The van der Waals surface area contributed by atoms with E-state index in [0.29, 0.717) is 5.75 Å². The molecule has 0 spiro atoms. The zero-order chi connectivity index (χ0) is 5.82. The Bertz CT molecular complexity index is 152. The highest BCUT2D eigenvalue weighted by Crippen LogP contribution is 1.98. The highest BCUT2D eigenvalue weighted by Gasteiger charge is 1.85. The average Bonchev–Trinajstić information content (AvgIpc) is 1.90. The van der Waals surface area contributed by atoms with E-state index in [1.807, 2.05) is 0 Å². The first kappa shape index (κ1) is 5.03. The van der Waals surface area contributed by atoms with Gasteiger partial charge in [0.2, 0.25) is 0 Å². The summed E-state index contributed by atoms with van der Waals surface area (Å²) in [5.74, 6) is 0.438. The molecule has 40 valence electrons. The molecule has 0 aliphatic heterocycles. The van der Waals surface area contributed by atoms with Gasteiger partial charge in [0.15, 0.2) is 5.75 Å². The van der Waals surface area contributed by atoms with Gasteiger partial charge in [0.1, 0.15) is 18.7 Å². The van der Waals surface area contributed by atoms with Crippen LogP contribution in [0.1, 0.15) is 0 Å². The number of ether oxygens (including phenoxy) is 1. The van der Waals surface area contributed by atoms with Crippen molar-refractivity contribution < 1.29 is 4.74 Å². The molecule has 3 nitrogen and oxygen atoms in total. The maximum atomic E-state index is 4.68. The lowest BCUT2D eigenvalue weighted by Crippen LogP contribution is -1.84. The fourth-order valence-corrected chi connectivity index (χ4v) is 0.320. The Labute approximate surface area is 47.3 Å². The third-order valence-electron chi connectivity index (χ3n) is 0.652. The van der Waals surface area contributed by atoms with Gasteiger partial charge in [-0.25, -0.2) is 9.97 Å². The Morgan fingerprint density at radius 3 is 2.50 bits per heavy atom. The molecule has 8 heavy (non-hydrogen) atoms. The molecular weight excluding hydrogens is 104 g/mol. The Morgan fingerprint density at radius 2 is 2.12 bits per heavy atom. The highest BCUT2D eigenvalue weighted by molar-refractivity contribution is 5.05. The molecule has 0 N–H and O–H groups in total. The molecule has 0 unspecified atom stereocenters. The molecule has 0 aliphatic rings. The van der Waals surface area contributed by atoms with Gasteiger partial charge < -0.3 is 4.74 Å². The molecule has 0 atom stereocenters. The summed E-state index contributed by atoms with van der Waals surface area (Å²) in [5.41, 5.74) is 0. The molecule has 2 radical (unpaired) electrons. The first-order valence-corrected chi connectivity index (χ1v) is 2.08. The Morgan fingerprint density at radius 1 is 1.50 bits per heavy atom. The van der Waals surface area contributed by atoms with Crippen molar-refractivity contribution in [1.29, 1.82) is 0 Å². The monoisotopic (exact) mass is 108 g/mol. The van der Waals surface area contributed by atoms with E-state index in [0.717, 1.165) is 0 Å².